The first-order valence-electron chi connectivity index (χ1n) is 5.56. The van der Waals surface area contributed by atoms with Crippen molar-refractivity contribution in [3.05, 3.63) is 44.8 Å². The maximum absolute atomic E-state index is 3.59. The second-order valence-corrected chi connectivity index (χ2v) is 5.86. The molecule has 0 aromatic carbocycles. The zero-order chi connectivity index (χ0) is 11.4. The molecule has 0 fully saturated rings. The van der Waals surface area contributed by atoms with Crippen LogP contribution in [0.4, 0.5) is 0 Å². The number of nitrogens with one attached hydrogen (secondary N) is 1. The summed E-state index contributed by atoms with van der Waals surface area (Å²) >= 11 is 3.60. The Hall–Kier alpha value is -0.640. The van der Waals surface area contributed by atoms with Crippen LogP contribution >= 0.6 is 22.7 Å². The number of rotatable bonds is 5. The molecular weight excluding hydrogens is 234 g/mol. The summed E-state index contributed by atoms with van der Waals surface area (Å²) in [6.07, 6.45) is 0. The first-order chi connectivity index (χ1) is 7.77. The minimum absolute atomic E-state index is 0.452. The van der Waals surface area contributed by atoms with Gasteiger partial charge < -0.3 is 5.32 Å². The van der Waals surface area contributed by atoms with E-state index in [0.29, 0.717) is 12.0 Å². The molecule has 2 rings (SSSR count). The largest absolute Gasteiger partial charge is 0.310 e. The molecule has 0 saturated carbocycles. The molecule has 2 aromatic rings. The van der Waals surface area contributed by atoms with Gasteiger partial charge in [-0.2, -0.15) is 11.3 Å². The van der Waals surface area contributed by atoms with Gasteiger partial charge in [0.1, 0.15) is 0 Å². The SMILES string of the molecule is CC(CNC(C)c1ccsc1)c1cccs1. The van der Waals surface area contributed by atoms with Crippen molar-refractivity contribution in [3.63, 3.8) is 0 Å². The minimum Gasteiger partial charge on any atom is -0.310 e. The van der Waals surface area contributed by atoms with Crippen LogP contribution in [0.3, 0.4) is 0 Å². The van der Waals surface area contributed by atoms with Crippen LogP contribution < -0.4 is 5.32 Å². The molecule has 3 heteroatoms. The van der Waals surface area contributed by atoms with Crippen LogP contribution in [0.2, 0.25) is 0 Å². The Labute approximate surface area is 105 Å². The maximum atomic E-state index is 3.59. The highest BCUT2D eigenvalue weighted by atomic mass is 32.1. The fourth-order valence-electron chi connectivity index (χ4n) is 1.67. The Morgan fingerprint density at radius 3 is 2.75 bits per heavy atom. The molecule has 0 spiro atoms. The van der Waals surface area contributed by atoms with Crippen molar-refractivity contribution in [2.45, 2.75) is 25.8 Å². The van der Waals surface area contributed by atoms with Crippen LogP contribution in [0.1, 0.15) is 36.2 Å². The summed E-state index contributed by atoms with van der Waals surface area (Å²) in [5.74, 6) is 0.598. The van der Waals surface area contributed by atoms with Crippen molar-refractivity contribution in [3.8, 4) is 0 Å². The zero-order valence-corrected chi connectivity index (χ0v) is 11.3. The first kappa shape index (κ1) is 11.8. The van der Waals surface area contributed by atoms with E-state index in [-0.39, 0.29) is 0 Å². The molecule has 86 valence electrons. The van der Waals surface area contributed by atoms with Crippen LogP contribution in [0.15, 0.2) is 34.3 Å². The van der Waals surface area contributed by atoms with Gasteiger partial charge in [-0.15, -0.1) is 11.3 Å². The smallest absolute Gasteiger partial charge is 0.0300 e. The summed E-state index contributed by atoms with van der Waals surface area (Å²) in [7, 11) is 0. The highest BCUT2D eigenvalue weighted by Gasteiger charge is 2.09. The van der Waals surface area contributed by atoms with Crippen LogP contribution in [0, 0.1) is 0 Å². The van der Waals surface area contributed by atoms with Gasteiger partial charge in [0, 0.05) is 23.4 Å². The molecule has 0 bridgehead atoms. The third kappa shape index (κ3) is 2.94. The molecule has 0 saturated heterocycles. The molecule has 0 aliphatic rings. The van der Waals surface area contributed by atoms with Crippen molar-refractivity contribution >= 4 is 22.7 Å². The summed E-state index contributed by atoms with van der Waals surface area (Å²) in [6.45, 7) is 5.54. The molecule has 0 amide bonds. The molecule has 2 atom stereocenters. The van der Waals surface area contributed by atoms with Gasteiger partial charge in [0.15, 0.2) is 0 Å². The van der Waals surface area contributed by atoms with Gasteiger partial charge in [0.25, 0.3) is 0 Å². The van der Waals surface area contributed by atoms with Gasteiger partial charge in [-0.3, -0.25) is 0 Å². The van der Waals surface area contributed by atoms with Crippen LogP contribution in [-0.2, 0) is 0 Å². The molecule has 1 nitrogen and oxygen atoms in total. The fourth-order valence-corrected chi connectivity index (χ4v) is 3.21. The van der Waals surface area contributed by atoms with Crippen molar-refractivity contribution in [1.29, 1.82) is 0 Å². The van der Waals surface area contributed by atoms with Gasteiger partial charge in [-0.1, -0.05) is 13.0 Å². The Morgan fingerprint density at radius 1 is 1.25 bits per heavy atom. The Morgan fingerprint density at radius 2 is 2.12 bits per heavy atom. The lowest BCUT2D eigenvalue weighted by Crippen LogP contribution is -2.22. The Bertz CT molecular complexity index is 351. The molecule has 0 radical (unpaired) electrons. The van der Waals surface area contributed by atoms with Gasteiger partial charge >= 0.3 is 0 Å². The number of thiophene rings is 2. The molecular formula is C13H17NS2. The third-order valence-electron chi connectivity index (χ3n) is 2.80. The standard InChI is InChI=1S/C13H17NS2/c1-10(13-4-3-6-16-13)8-14-11(2)12-5-7-15-9-12/h3-7,9-11,14H,8H2,1-2H3. The van der Waals surface area contributed by atoms with Crippen LogP contribution in [0.5, 0.6) is 0 Å². The molecule has 0 aliphatic carbocycles. The van der Waals surface area contributed by atoms with Crippen molar-refractivity contribution in [2.24, 2.45) is 0 Å². The summed E-state index contributed by atoms with van der Waals surface area (Å²) < 4.78 is 0. The molecule has 16 heavy (non-hydrogen) atoms. The van der Waals surface area contributed by atoms with Crippen molar-refractivity contribution in [2.75, 3.05) is 6.54 Å². The lowest BCUT2D eigenvalue weighted by molar-refractivity contribution is 0.541. The van der Waals surface area contributed by atoms with Gasteiger partial charge in [0.2, 0.25) is 0 Å². The van der Waals surface area contributed by atoms with E-state index in [2.05, 4.69) is 53.5 Å². The number of hydrogen-bond donors (Lipinski definition) is 1. The Kier molecular flexibility index (Phi) is 4.16. The quantitative estimate of drug-likeness (QED) is 0.837. The lowest BCUT2D eigenvalue weighted by atomic mass is 10.1. The predicted molar refractivity (Wildman–Crippen MR) is 73.5 cm³/mol. The van der Waals surface area contributed by atoms with E-state index in [1.165, 1.54) is 10.4 Å². The summed E-state index contributed by atoms with van der Waals surface area (Å²) in [6, 6.07) is 6.98. The molecule has 0 aliphatic heterocycles. The highest BCUT2D eigenvalue weighted by molar-refractivity contribution is 7.10. The second-order valence-electron chi connectivity index (χ2n) is 4.10. The van der Waals surface area contributed by atoms with Crippen molar-refractivity contribution < 1.29 is 0 Å². The highest BCUT2D eigenvalue weighted by Crippen LogP contribution is 2.21. The maximum Gasteiger partial charge on any atom is 0.0300 e. The lowest BCUT2D eigenvalue weighted by Gasteiger charge is -2.16. The number of hydrogen-bond acceptors (Lipinski definition) is 3. The molecule has 2 unspecified atom stereocenters. The Balaban J connectivity index is 1.84. The van der Waals surface area contributed by atoms with Crippen LogP contribution in [-0.4, -0.2) is 6.54 Å². The molecule has 2 heterocycles. The van der Waals surface area contributed by atoms with E-state index in [4.69, 9.17) is 0 Å². The summed E-state index contributed by atoms with van der Waals surface area (Å²) in [4.78, 5) is 1.46. The monoisotopic (exact) mass is 251 g/mol. The second kappa shape index (κ2) is 5.62. The van der Waals surface area contributed by atoms with E-state index in [9.17, 15) is 0 Å². The molecule has 2 aromatic heterocycles. The average molecular weight is 251 g/mol. The fraction of sp³-hybridized carbons (Fsp3) is 0.385. The van der Waals surface area contributed by atoms with Gasteiger partial charge in [-0.25, -0.2) is 0 Å². The normalized spacial score (nSPS) is 14.9. The topological polar surface area (TPSA) is 12.0 Å². The van der Waals surface area contributed by atoms with E-state index in [1.807, 2.05) is 11.3 Å². The third-order valence-corrected chi connectivity index (χ3v) is 4.61. The van der Waals surface area contributed by atoms with E-state index >= 15 is 0 Å². The first-order valence-corrected chi connectivity index (χ1v) is 7.38. The molecule has 1 N–H and O–H groups in total. The van der Waals surface area contributed by atoms with E-state index in [1.54, 1.807) is 11.3 Å². The van der Waals surface area contributed by atoms with Gasteiger partial charge in [0.05, 0.1) is 0 Å². The van der Waals surface area contributed by atoms with Gasteiger partial charge in [-0.05, 0) is 40.8 Å². The van der Waals surface area contributed by atoms with E-state index in [0.717, 1.165) is 6.54 Å². The average Bonchev–Trinajstić information content (AvgIpc) is 2.95. The summed E-state index contributed by atoms with van der Waals surface area (Å²) in [5, 5.41) is 10.1. The van der Waals surface area contributed by atoms with E-state index < -0.39 is 0 Å². The zero-order valence-electron chi connectivity index (χ0n) is 9.64. The summed E-state index contributed by atoms with van der Waals surface area (Å²) in [5.41, 5.74) is 1.39. The predicted octanol–water partition coefficient (Wildman–Crippen LogP) is 4.26. The van der Waals surface area contributed by atoms with Crippen molar-refractivity contribution in [1.82, 2.24) is 5.32 Å². The van der Waals surface area contributed by atoms with Crippen LogP contribution in [0.25, 0.3) is 0 Å². The minimum atomic E-state index is 0.452.